The Balaban J connectivity index is 0.00000179. The summed E-state index contributed by atoms with van der Waals surface area (Å²) in [5, 5.41) is 0. The minimum Gasteiger partial charge on any atom is -1.00 e. The van der Waals surface area contributed by atoms with Gasteiger partial charge in [-0.15, -0.1) is 0 Å². The van der Waals surface area contributed by atoms with Crippen molar-refractivity contribution in [3.8, 4) is 11.1 Å². The molecule has 0 nitrogen and oxygen atoms in total. The first kappa shape index (κ1) is 34.1. The van der Waals surface area contributed by atoms with Gasteiger partial charge in [0.05, 0.1) is 0 Å². The molecule has 7 aliphatic carbocycles. The fourth-order valence-corrected chi connectivity index (χ4v) is 19.3. The van der Waals surface area contributed by atoms with Crippen molar-refractivity contribution in [2.24, 2.45) is 23.2 Å². The monoisotopic (exact) mass is 718 g/mol. The zero-order chi connectivity index (χ0) is 29.7. The van der Waals surface area contributed by atoms with Crippen LogP contribution in [-0.2, 0) is 38.5 Å². The summed E-state index contributed by atoms with van der Waals surface area (Å²) in [5.74, 6) is 3.08. The Morgan fingerprint density at radius 1 is 0.711 bits per heavy atom. The van der Waals surface area contributed by atoms with Crippen LogP contribution in [0.1, 0.15) is 141 Å². The first-order valence-electron chi connectivity index (χ1n) is 17.9. The fraction of sp³-hybridized carbons (Fsp3) is 0.595. The summed E-state index contributed by atoms with van der Waals surface area (Å²) in [6.07, 6.45) is 24.4. The Bertz CT molecular complexity index is 1540. The van der Waals surface area contributed by atoms with Gasteiger partial charge in [0, 0.05) is 0 Å². The van der Waals surface area contributed by atoms with Crippen molar-refractivity contribution in [3.05, 3.63) is 73.6 Å². The third-order valence-corrected chi connectivity index (χ3v) is 20.5. The van der Waals surface area contributed by atoms with Crippen molar-refractivity contribution in [1.82, 2.24) is 0 Å². The molecule has 0 spiro atoms. The summed E-state index contributed by atoms with van der Waals surface area (Å²) in [6, 6.07) is 12.9. The van der Waals surface area contributed by atoms with E-state index in [1.807, 2.05) is 15.3 Å². The number of benzene rings is 2. The van der Waals surface area contributed by atoms with Crippen molar-refractivity contribution in [1.29, 1.82) is 0 Å². The van der Waals surface area contributed by atoms with E-state index in [-0.39, 0.29) is 35.6 Å². The number of allylic oxidation sites excluding steroid dienone is 4. The molecule has 45 heavy (non-hydrogen) atoms. The van der Waals surface area contributed by atoms with Crippen LogP contribution in [0.25, 0.3) is 11.1 Å². The van der Waals surface area contributed by atoms with Crippen LogP contribution >= 0.6 is 0 Å². The molecule has 9 rings (SSSR count). The maximum atomic E-state index is 2.89. The molecular formula is C42H54Cl2Zr. The van der Waals surface area contributed by atoms with E-state index >= 15 is 0 Å². The molecule has 0 radical (unpaired) electrons. The van der Waals surface area contributed by atoms with Gasteiger partial charge < -0.3 is 24.8 Å². The molecule has 7 aliphatic rings. The average molecular weight is 721 g/mol. The number of rotatable bonds is 3. The molecule has 2 aromatic rings. The molecule has 0 saturated heterocycles. The predicted octanol–water partition coefficient (Wildman–Crippen LogP) is 4.67. The Morgan fingerprint density at radius 3 is 1.91 bits per heavy atom. The van der Waals surface area contributed by atoms with Crippen molar-refractivity contribution >= 4 is 6.48 Å². The Morgan fingerprint density at radius 2 is 1.31 bits per heavy atom. The maximum Gasteiger partial charge on any atom is -1.00 e. The van der Waals surface area contributed by atoms with Crippen LogP contribution in [0.3, 0.4) is 0 Å². The molecule has 0 heterocycles. The number of hydrogen-bond acceptors (Lipinski definition) is 0. The van der Waals surface area contributed by atoms with E-state index in [1.54, 1.807) is 47.1 Å². The number of halogens is 2. The summed E-state index contributed by atoms with van der Waals surface area (Å²) >= 11 is -2.27. The molecule has 3 heteroatoms. The van der Waals surface area contributed by atoms with Gasteiger partial charge in [-0.05, 0) is 0 Å². The second-order valence-corrected chi connectivity index (χ2v) is 24.4. The van der Waals surface area contributed by atoms with Crippen LogP contribution in [-0.4, -0.2) is 3.21 Å². The summed E-state index contributed by atoms with van der Waals surface area (Å²) in [6.45, 7) is 14.4. The molecule has 0 amide bonds. The van der Waals surface area contributed by atoms with E-state index in [0.717, 1.165) is 24.2 Å². The van der Waals surface area contributed by atoms with Gasteiger partial charge in [-0.3, -0.25) is 0 Å². The zero-order valence-corrected chi connectivity index (χ0v) is 32.7. The van der Waals surface area contributed by atoms with E-state index in [1.165, 1.54) is 63.4 Å². The topological polar surface area (TPSA) is 0 Å². The van der Waals surface area contributed by atoms with E-state index in [9.17, 15) is 0 Å². The molecule has 4 bridgehead atoms. The Kier molecular flexibility index (Phi) is 9.32. The van der Waals surface area contributed by atoms with E-state index in [0.29, 0.717) is 5.41 Å². The number of hydrogen-bond donors (Lipinski definition) is 0. The van der Waals surface area contributed by atoms with Crippen LogP contribution in [0.15, 0.2) is 51.3 Å². The molecule has 0 atom stereocenters. The molecule has 0 unspecified atom stereocenters. The zero-order valence-electron chi connectivity index (χ0n) is 28.7. The van der Waals surface area contributed by atoms with E-state index in [2.05, 4.69) is 84.0 Å². The van der Waals surface area contributed by atoms with Crippen molar-refractivity contribution in [2.45, 2.75) is 136 Å². The van der Waals surface area contributed by atoms with Crippen molar-refractivity contribution in [2.75, 3.05) is 0 Å². The van der Waals surface area contributed by atoms with Crippen LogP contribution in [0.5, 0.6) is 0 Å². The molecule has 5 saturated carbocycles. The molecule has 5 fully saturated rings. The molecule has 0 aromatic heterocycles. The third-order valence-electron chi connectivity index (χ3n) is 12.7. The molecular weight excluding hydrogens is 667 g/mol. The minimum absolute atomic E-state index is 0. The van der Waals surface area contributed by atoms with Crippen LogP contribution in [0, 0.1) is 23.2 Å². The van der Waals surface area contributed by atoms with Crippen molar-refractivity contribution in [3.63, 3.8) is 0 Å². The van der Waals surface area contributed by atoms with E-state index < -0.39 is 21.3 Å². The second-order valence-electron chi connectivity index (χ2n) is 17.9. The first-order chi connectivity index (χ1) is 20.5. The molecule has 2 aromatic carbocycles. The van der Waals surface area contributed by atoms with Crippen LogP contribution in [0.4, 0.5) is 0 Å². The number of fused-ring (bicyclic) bond motifs is 3. The van der Waals surface area contributed by atoms with Gasteiger partial charge in [-0.2, -0.15) is 0 Å². The van der Waals surface area contributed by atoms with Gasteiger partial charge in [0.1, 0.15) is 0 Å². The average Bonchev–Trinajstić information content (AvgIpc) is 3.58. The van der Waals surface area contributed by atoms with Gasteiger partial charge in [-0.1, -0.05) is 0 Å². The Hall–Kier alpha value is -0.747. The van der Waals surface area contributed by atoms with E-state index in [4.69, 9.17) is 0 Å². The molecule has 0 aliphatic heterocycles. The Labute approximate surface area is 294 Å². The normalized spacial score (nSPS) is 27.9. The van der Waals surface area contributed by atoms with Gasteiger partial charge in [0.2, 0.25) is 0 Å². The van der Waals surface area contributed by atoms with Gasteiger partial charge >= 0.3 is 271 Å². The SMILES string of the molecule is CC(C)(C)c1ccc2c(c1)-c1cc(C(C)(C)C)c[c]([Zr+2]([C]3=CC(C45CC6CC(CC(C6)C4)C5)=CC3)=[C]3CCCCC3)c1C2.[Cl-].[Cl-]. The predicted molar refractivity (Wildman–Crippen MR) is 181 cm³/mol. The van der Waals surface area contributed by atoms with Crippen molar-refractivity contribution < 1.29 is 46.1 Å². The summed E-state index contributed by atoms with van der Waals surface area (Å²) in [5.41, 5.74) is 12.2. The second kappa shape index (κ2) is 12.3. The van der Waals surface area contributed by atoms with Gasteiger partial charge in [0.15, 0.2) is 0 Å². The van der Waals surface area contributed by atoms with Crippen LogP contribution < -0.4 is 28.1 Å². The van der Waals surface area contributed by atoms with Gasteiger partial charge in [0.25, 0.3) is 0 Å². The fourth-order valence-electron chi connectivity index (χ4n) is 10.7. The molecule has 240 valence electrons. The standard InChI is InChI=1S/C21H25.C15H19.C6H10.2ClH.Zr/c1-20(2,3)16-9-7-14-11-15-8-10-17(21(4,5)6)13-19(15)18(14)12-16;1-2-4-14(3-1)15-8-11-5-12(9-15)7-13(6-11)10-15;1-2-4-6-5-3-1;;;/h7,9-10,12-13H,11H2,1-6H3;3-4,11-13H,1,5-10H2;1-5H2;2*1H;/q;;;;;+2/p-2. The summed E-state index contributed by atoms with van der Waals surface area (Å²) in [4.78, 5) is 0. The summed E-state index contributed by atoms with van der Waals surface area (Å²) in [7, 11) is 0. The molecule has 0 N–H and O–H groups in total. The van der Waals surface area contributed by atoms with Gasteiger partial charge in [-0.25, -0.2) is 0 Å². The quantitative estimate of drug-likeness (QED) is 0.370. The largest absolute Gasteiger partial charge is 1.00 e. The first-order valence-corrected chi connectivity index (χ1v) is 21.6. The minimum atomic E-state index is -2.27. The van der Waals surface area contributed by atoms with Crippen LogP contribution in [0.2, 0.25) is 0 Å². The maximum absolute atomic E-state index is 2.89. The summed E-state index contributed by atoms with van der Waals surface area (Å²) < 4.78 is 5.84. The third kappa shape index (κ3) is 6.06. The smallest absolute Gasteiger partial charge is 1.00 e.